The van der Waals surface area contributed by atoms with E-state index in [1.165, 1.54) is 12.1 Å². The number of carbonyl (C=O) groups excluding carboxylic acids is 1. The Bertz CT molecular complexity index is 1810. The Kier molecular flexibility index (Phi) is 7.50. The molecule has 0 radical (unpaired) electrons. The standard InChI is InChI=1S/C32H32FN7O4/c1-19-36-14-20(15-37-19)18-42-25-11-23(33)12-26(13-25)43-24-7-5-21(6-8-24)27-28-29(34)35-9-10-40(28)30(38-27)22-16-39(17-22)31(41)44-32(2,3)4/h5-15,22H,16-18H2,1-4H3,(H2,34,35). The summed E-state index contributed by atoms with van der Waals surface area (Å²) < 4.78 is 33.5. The van der Waals surface area contributed by atoms with E-state index >= 15 is 0 Å². The van der Waals surface area contributed by atoms with E-state index in [1.807, 2.05) is 43.5 Å². The van der Waals surface area contributed by atoms with E-state index in [0.29, 0.717) is 47.4 Å². The van der Waals surface area contributed by atoms with Gasteiger partial charge in [0.2, 0.25) is 0 Å². The highest BCUT2D eigenvalue weighted by Crippen LogP contribution is 2.36. The molecule has 12 heteroatoms. The van der Waals surface area contributed by atoms with Crippen LogP contribution in [0, 0.1) is 12.7 Å². The van der Waals surface area contributed by atoms with E-state index in [0.717, 1.165) is 17.0 Å². The number of anilines is 1. The van der Waals surface area contributed by atoms with Crippen molar-refractivity contribution >= 4 is 17.4 Å². The Labute approximate surface area is 253 Å². The van der Waals surface area contributed by atoms with E-state index in [9.17, 15) is 9.18 Å². The monoisotopic (exact) mass is 597 g/mol. The smallest absolute Gasteiger partial charge is 0.410 e. The minimum atomic E-state index is -0.562. The summed E-state index contributed by atoms with van der Waals surface area (Å²) in [6, 6.07) is 11.5. The molecule has 3 aromatic heterocycles. The number of aryl methyl sites for hydroxylation is 1. The number of nitrogens with zero attached hydrogens (tertiary/aromatic N) is 6. The van der Waals surface area contributed by atoms with E-state index in [4.69, 9.17) is 24.9 Å². The minimum absolute atomic E-state index is 0.0103. The third-order valence-corrected chi connectivity index (χ3v) is 6.96. The molecule has 4 heterocycles. The summed E-state index contributed by atoms with van der Waals surface area (Å²) in [7, 11) is 0. The lowest BCUT2D eigenvalue weighted by atomic mass is 10.00. The molecule has 1 saturated heterocycles. The third kappa shape index (κ3) is 6.24. The number of amides is 1. The molecule has 2 aromatic carbocycles. The molecule has 0 bridgehead atoms. The Hall–Kier alpha value is -5.26. The molecule has 0 unspecified atom stereocenters. The minimum Gasteiger partial charge on any atom is -0.489 e. The Morgan fingerprint density at radius 1 is 1.02 bits per heavy atom. The van der Waals surface area contributed by atoms with Crippen LogP contribution in [0.5, 0.6) is 17.2 Å². The van der Waals surface area contributed by atoms with Crippen molar-refractivity contribution in [3.63, 3.8) is 0 Å². The number of nitrogen functional groups attached to an aromatic ring is 1. The molecule has 0 spiro atoms. The second-order valence-corrected chi connectivity index (χ2v) is 11.6. The molecule has 2 N–H and O–H groups in total. The fourth-order valence-electron chi connectivity index (χ4n) is 4.85. The van der Waals surface area contributed by atoms with Crippen LogP contribution in [0.15, 0.2) is 67.3 Å². The van der Waals surface area contributed by atoms with Gasteiger partial charge in [0.1, 0.15) is 64.0 Å². The number of rotatable bonds is 7. The predicted octanol–water partition coefficient (Wildman–Crippen LogP) is 5.92. The molecular formula is C32H32FN7O4. The topological polar surface area (TPSA) is 130 Å². The number of halogens is 1. The van der Waals surface area contributed by atoms with Gasteiger partial charge in [0.05, 0.1) is 5.92 Å². The van der Waals surface area contributed by atoms with Crippen molar-refractivity contribution in [1.82, 2.24) is 29.2 Å². The molecule has 1 fully saturated rings. The van der Waals surface area contributed by atoms with E-state index in [-0.39, 0.29) is 24.4 Å². The summed E-state index contributed by atoms with van der Waals surface area (Å²) in [6.45, 7) is 8.49. The molecular weight excluding hydrogens is 565 g/mol. The predicted molar refractivity (Wildman–Crippen MR) is 161 cm³/mol. The van der Waals surface area contributed by atoms with Crippen molar-refractivity contribution in [3.8, 4) is 28.5 Å². The number of carbonyl (C=O) groups is 1. The van der Waals surface area contributed by atoms with Crippen LogP contribution >= 0.6 is 0 Å². The Morgan fingerprint density at radius 3 is 2.43 bits per heavy atom. The van der Waals surface area contributed by atoms with Crippen LogP contribution in [0.2, 0.25) is 0 Å². The van der Waals surface area contributed by atoms with Crippen LogP contribution in [0.1, 0.15) is 43.9 Å². The quantitative estimate of drug-likeness (QED) is 0.243. The maximum atomic E-state index is 14.4. The molecule has 5 aromatic rings. The molecule has 226 valence electrons. The van der Waals surface area contributed by atoms with Gasteiger partial charge in [-0.25, -0.2) is 29.1 Å². The van der Waals surface area contributed by atoms with Crippen molar-refractivity contribution in [2.45, 2.75) is 45.8 Å². The summed E-state index contributed by atoms with van der Waals surface area (Å²) in [5.41, 5.74) is 8.65. The molecule has 6 rings (SSSR count). The Balaban J connectivity index is 1.18. The molecule has 0 saturated carbocycles. The van der Waals surface area contributed by atoms with Crippen LogP contribution in [-0.2, 0) is 11.3 Å². The van der Waals surface area contributed by atoms with Crippen molar-refractivity contribution in [2.75, 3.05) is 18.8 Å². The second-order valence-electron chi connectivity index (χ2n) is 11.6. The van der Waals surface area contributed by atoms with Crippen LogP contribution in [0.25, 0.3) is 16.8 Å². The second kappa shape index (κ2) is 11.4. The molecule has 0 aliphatic carbocycles. The number of benzene rings is 2. The lowest BCUT2D eigenvalue weighted by Crippen LogP contribution is -2.50. The third-order valence-electron chi connectivity index (χ3n) is 6.96. The van der Waals surface area contributed by atoms with Crippen LogP contribution in [0.4, 0.5) is 15.0 Å². The highest BCUT2D eigenvalue weighted by molar-refractivity contribution is 5.85. The van der Waals surface area contributed by atoms with Gasteiger partial charge < -0.3 is 24.8 Å². The number of aromatic nitrogens is 5. The summed E-state index contributed by atoms with van der Waals surface area (Å²) >= 11 is 0. The van der Waals surface area contributed by atoms with Crippen molar-refractivity contribution in [1.29, 1.82) is 0 Å². The first-order chi connectivity index (χ1) is 21.0. The normalized spacial score (nSPS) is 13.5. The van der Waals surface area contributed by atoms with E-state index in [1.54, 1.807) is 48.6 Å². The summed E-state index contributed by atoms with van der Waals surface area (Å²) in [4.78, 5) is 31.6. The van der Waals surface area contributed by atoms with Crippen LogP contribution in [0.3, 0.4) is 0 Å². The SMILES string of the molecule is Cc1ncc(COc2cc(F)cc(Oc3ccc(-c4nc(C5CN(C(=O)OC(C)(C)C)C5)n5ccnc(N)c45)cc3)c2)cn1. The Morgan fingerprint density at radius 2 is 1.73 bits per heavy atom. The largest absolute Gasteiger partial charge is 0.489 e. The van der Waals surface area contributed by atoms with Gasteiger partial charge in [-0.3, -0.25) is 4.40 Å². The van der Waals surface area contributed by atoms with Crippen molar-refractivity contribution in [3.05, 3.63) is 90.3 Å². The highest BCUT2D eigenvalue weighted by atomic mass is 19.1. The molecule has 11 nitrogen and oxygen atoms in total. The summed E-state index contributed by atoms with van der Waals surface area (Å²) in [6.07, 6.45) is 6.44. The fraction of sp³-hybridized carbons (Fsp3) is 0.281. The average molecular weight is 598 g/mol. The van der Waals surface area contributed by atoms with Gasteiger partial charge in [-0.05, 0) is 52.0 Å². The first-order valence-electron chi connectivity index (χ1n) is 14.1. The van der Waals surface area contributed by atoms with Crippen LogP contribution < -0.4 is 15.2 Å². The highest BCUT2D eigenvalue weighted by Gasteiger charge is 2.37. The van der Waals surface area contributed by atoms with Gasteiger partial charge in [-0.15, -0.1) is 0 Å². The van der Waals surface area contributed by atoms with Crippen LogP contribution in [-0.4, -0.2) is 54.0 Å². The number of hydrogen-bond donors (Lipinski definition) is 1. The maximum Gasteiger partial charge on any atom is 0.410 e. The van der Waals surface area contributed by atoms with Gasteiger partial charge in [-0.1, -0.05) is 0 Å². The molecule has 1 amide bonds. The summed E-state index contributed by atoms with van der Waals surface area (Å²) in [5.74, 6) is 2.41. The van der Waals surface area contributed by atoms with Crippen molar-refractivity contribution < 1.29 is 23.4 Å². The maximum absolute atomic E-state index is 14.4. The summed E-state index contributed by atoms with van der Waals surface area (Å²) in [5, 5.41) is 0. The zero-order chi connectivity index (χ0) is 31.0. The van der Waals surface area contributed by atoms with E-state index in [2.05, 4.69) is 15.0 Å². The fourth-order valence-corrected chi connectivity index (χ4v) is 4.85. The number of hydrogen-bond acceptors (Lipinski definition) is 9. The number of fused-ring (bicyclic) bond motifs is 1. The molecule has 0 atom stereocenters. The van der Waals surface area contributed by atoms with E-state index < -0.39 is 11.4 Å². The first-order valence-corrected chi connectivity index (χ1v) is 14.1. The molecule has 1 aliphatic rings. The number of imidazole rings is 1. The van der Waals surface area contributed by atoms with Crippen molar-refractivity contribution in [2.24, 2.45) is 0 Å². The number of likely N-dealkylation sites (tertiary alicyclic amines) is 1. The first kappa shape index (κ1) is 28.8. The molecule has 1 aliphatic heterocycles. The van der Waals surface area contributed by atoms with Gasteiger partial charge in [0, 0.05) is 67.2 Å². The molecule has 44 heavy (non-hydrogen) atoms. The van der Waals surface area contributed by atoms with Gasteiger partial charge in [0.25, 0.3) is 0 Å². The van der Waals surface area contributed by atoms with Gasteiger partial charge in [0.15, 0.2) is 0 Å². The van der Waals surface area contributed by atoms with Gasteiger partial charge >= 0.3 is 6.09 Å². The number of ether oxygens (including phenoxy) is 3. The van der Waals surface area contributed by atoms with Gasteiger partial charge in [-0.2, -0.15) is 0 Å². The zero-order valence-corrected chi connectivity index (χ0v) is 24.8. The number of nitrogens with two attached hydrogens (primary N) is 1. The average Bonchev–Trinajstić information content (AvgIpc) is 3.31. The lowest BCUT2D eigenvalue weighted by molar-refractivity contribution is 0.00748. The lowest BCUT2D eigenvalue weighted by Gasteiger charge is -2.39. The zero-order valence-electron chi connectivity index (χ0n) is 24.8.